The van der Waals surface area contributed by atoms with Crippen molar-refractivity contribution in [2.75, 3.05) is 0 Å². The number of rotatable bonds is 3. The molecule has 4 nitrogen and oxygen atoms in total. The standard InChI is InChI=1S/C11H13BrN4/c1-16-11(14-10(7-13)15-16)6-8-3-2-4-9(12)5-8/h2-5H,6-7,13H2,1H3. The van der Waals surface area contributed by atoms with Crippen LogP contribution < -0.4 is 5.73 Å². The van der Waals surface area contributed by atoms with Crippen LogP contribution in [0.2, 0.25) is 0 Å². The Hall–Kier alpha value is -1.20. The Morgan fingerprint density at radius 1 is 1.44 bits per heavy atom. The number of nitrogens with two attached hydrogens (primary N) is 1. The Morgan fingerprint density at radius 2 is 2.25 bits per heavy atom. The Morgan fingerprint density at radius 3 is 2.88 bits per heavy atom. The van der Waals surface area contributed by atoms with Gasteiger partial charge in [0.1, 0.15) is 5.82 Å². The van der Waals surface area contributed by atoms with Gasteiger partial charge in [-0.25, -0.2) is 4.98 Å². The van der Waals surface area contributed by atoms with Gasteiger partial charge in [0.2, 0.25) is 0 Å². The zero-order chi connectivity index (χ0) is 11.5. The quantitative estimate of drug-likeness (QED) is 0.930. The highest BCUT2D eigenvalue weighted by molar-refractivity contribution is 9.10. The van der Waals surface area contributed by atoms with Crippen molar-refractivity contribution in [3.63, 3.8) is 0 Å². The number of hydrogen-bond donors (Lipinski definition) is 1. The number of aryl methyl sites for hydroxylation is 1. The molecule has 0 aliphatic heterocycles. The maximum Gasteiger partial charge on any atom is 0.164 e. The third-order valence-electron chi connectivity index (χ3n) is 2.33. The maximum absolute atomic E-state index is 5.50. The minimum Gasteiger partial charge on any atom is -0.324 e. The summed E-state index contributed by atoms with van der Waals surface area (Å²) in [6.07, 6.45) is 0.767. The number of aromatic nitrogens is 3. The number of hydrogen-bond acceptors (Lipinski definition) is 3. The van der Waals surface area contributed by atoms with E-state index < -0.39 is 0 Å². The molecule has 0 amide bonds. The molecule has 1 aromatic carbocycles. The molecule has 0 bridgehead atoms. The van der Waals surface area contributed by atoms with Crippen LogP contribution in [0.1, 0.15) is 17.2 Å². The van der Waals surface area contributed by atoms with Gasteiger partial charge in [-0.05, 0) is 17.7 Å². The van der Waals surface area contributed by atoms with E-state index in [1.165, 1.54) is 5.56 Å². The van der Waals surface area contributed by atoms with Crippen LogP contribution in [0, 0.1) is 0 Å². The van der Waals surface area contributed by atoms with Gasteiger partial charge < -0.3 is 5.73 Å². The van der Waals surface area contributed by atoms with E-state index in [1.54, 1.807) is 4.68 Å². The first-order valence-corrected chi connectivity index (χ1v) is 5.81. The molecule has 84 valence electrons. The first kappa shape index (κ1) is 11.3. The summed E-state index contributed by atoms with van der Waals surface area (Å²) >= 11 is 3.45. The van der Waals surface area contributed by atoms with Crippen molar-refractivity contribution in [2.45, 2.75) is 13.0 Å². The number of benzene rings is 1. The van der Waals surface area contributed by atoms with Crippen molar-refractivity contribution < 1.29 is 0 Å². The second kappa shape index (κ2) is 4.76. The van der Waals surface area contributed by atoms with Gasteiger partial charge in [0.15, 0.2) is 5.82 Å². The van der Waals surface area contributed by atoms with E-state index in [-0.39, 0.29) is 0 Å². The molecule has 0 fully saturated rings. The molecule has 2 N–H and O–H groups in total. The second-order valence-corrected chi connectivity index (χ2v) is 4.49. The maximum atomic E-state index is 5.50. The lowest BCUT2D eigenvalue weighted by Crippen LogP contribution is -2.00. The van der Waals surface area contributed by atoms with E-state index in [4.69, 9.17) is 5.73 Å². The molecule has 0 atom stereocenters. The van der Waals surface area contributed by atoms with Crippen molar-refractivity contribution in [1.82, 2.24) is 14.8 Å². The summed E-state index contributed by atoms with van der Waals surface area (Å²) in [7, 11) is 1.89. The molecule has 0 aliphatic carbocycles. The summed E-state index contributed by atoms with van der Waals surface area (Å²) in [6, 6.07) is 8.17. The smallest absolute Gasteiger partial charge is 0.164 e. The fraction of sp³-hybridized carbons (Fsp3) is 0.273. The van der Waals surface area contributed by atoms with Crippen molar-refractivity contribution in [1.29, 1.82) is 0 Å². The molecule has 0 spiro atoms. The van der Waals surface area contributed by atoms with E-state index in [9.17, 15) is 0 Å². The Kier molecular flexibility index (Phi) is 3.36. The lowest BCUT2D eigenvalue weighted by molar-refractivity contribution is 0.705. The van der Waals surface area contributed by atoms with Crippen molar-refractivity contribution in [3.05, 3.63) is 46.0 Å². The third kappa shape index (κ3) is 2.48. The Bertz CT molecular complexity index is 492. The van der Waals surface area contributed by atoms with Gasteiger partial charge in [-0.3, -0.25) is 4.68 Å². The van der Waals surface area contributed by atoms with Gasteiger partial charge in [0.25, 0.3) is 0 Å². The van der Waals surface area contributed by atoms with Crippen molar-refractivity contribution in [2.24, 2.45) is 12.8 Å². The van der Waals surface area contributed by atoms with E-state index in [2.05, 4.69) is 38.1 Å². The number of nitrogens with zero attached hydrogens (tertiary/aromatic N) is 3. The van der Waals surface area contributed by atoms with E-state index in [0.29, 0.717) is 12.4 Å². The average Bonchev–Trinajstić information content (AvgIpc) is 2.60. The largest absolute Gasteiger partial charge is 0.324 e. The summed E-state index contributed by atoms with van der Waals surface area (Å²) in [5.41, 5.74) is 6.71. The Labute approximate surface area is 103 Å². The highest BCUT2D eigenvalue weighted by Gasteiger charge is 2.06. The van der Waals surface area contributed by atoms with Crippen LogP contribution in [0.3, 0.4) is 0 Å². The third-order valence-corrected chi connectivity index (χ3v) is 2.82. The van der Waals surface area contributed by atoms with Crippen LogP contribution in [-0.2, 0) is 20.0 Å². The van der Waals surface area contributed by atoms with Crippen LogP contribution in [0.5, 0.6) is 0 Å². The van der Waals surface area contributed by atoms with Gasteiger partial charge in [0.05, 0.1) is 6.54 Å². The molecule has 0 radical (unpaired) electrons. The molecule has 0 saturated carbocycles. The summed E-state index contributed by atoms with van der Waals surface area (Å²) in [4.78, 5) is 4.36. The van der Waals surface area contributed by atoms with Crippen molar-refractivity contribution >= 4 is 15.9 Å². The van der Waals surface area contributed by atoms with Gasteiger partial charge in [-0.1, -0.05) is 28.1 Å². The molecule has 0 aliphatic rings. The van der Waals surface area contributed by atoms with Gasteiger partial charge >= 0.3 is 0 Å². The molecular formula is C11H13BrN4. The van der Waals surface area contributed by atoms with Crippen LogP contribution in [0.15, 0.2) is 28.7 Å². The first-order valence-electron chi connectivity index (χ1n) is 5.02. The molecular weight excluding hydrogens is 268 g/mol. The fourth-order valence-corrected chi connectivity index (χ4v) is 1.99. The summed E-state index contributed by atoms with van der Waals surface area (Å²) in [5, 5.41) is 4.22. The molecule has 16 heavy (non-hydrogen) atoms. The van der Waals surface area contributed by atoms with Gasteiger partial charge in [0, 0.05) is 17.9 Å². The summed E-state index contributed by atoms with van der Waals surface area (Å²) in [6.45, 7) is 0.381. The van der Waals surface area contributed by atoms with Crippen LogP contribution in [0.4, 0.5) is 0 Å². The SMILES string of the molecule is Cn1nc(CN)nc1Cc1cccc(Br)c1. The van der Waals surface area contributed by atoms with E-state index in [1.807, 2.05) is 19.2 Å². The second-order valence-electron chi connectivity index (χ2n) is 3.58. The molecule has 5 heteroatoms. The molecule has 2 rings (SSSR count). The highest BCUT2D eigenvalue weighted by atomic mass is 79.9. The summed E-state index contributed by atoms with van der Waals surface area (Å²) < 4.78 is 2.86. The van der Waals surface area contributed by atoms with Crippen LogP contribution >= 0.6 is 15.9 Å². The topological polar surface area (TPSA) is 56.7 Å². The predicted molar refractivity (Wildman–Crippen MR) is 65.8 cm³/mol. The monoisotopic (exact) mass is 280 g/mol. The van der Waals surface area contributed by atoms with Crippen molar-refractivity contribution in [3.8, 4) is 0 Å². The van der Waals surface area contributed by atoms with Crippen LogP contribution in [-0.4, -0.2) is 14.8 Å². The van der Waals surface area contributed by atoms with Crippen LogP contribution in [0.25, 0.3) is 0 Å². The Balaban J connectivity index is 2.23. The lowest BCUT2D eigenvalue weighted by atomic mass is 10.1. The molecule has 1 aromatic heterocycles. The zero-order valence-electron chi connectivity index (χ0n) is 9.02. The minimum absolute atomic E-state index is 0.381. The first-order chi connectivity index (χ1) is 7.69. The average molecular weight is 281 g/mol. The zero-order valence-corrected chi connectivity index (χ0v) is 10.6. The van der Waals surface area contributed by atoms with E-state index in [0.717, 1.165) is 16.7 Å². The molecule has 0 unspecified atom stereocenters. The fourth-order valence-electron chi connectivity index (χ4n) is 1.54. The lowest BCUT2D eigenvalue weighted by Gasteiger charge is -2.01. The van der Waals surface area contributed by atoms with E-state index >= 15 is 0 Å². The minimum atomic E-state index is 0.381. The predicted octanol–water partition coefficient (Wildman–Crippen LogP) is 1.63. The van der Waals surface area contributed by atoms with Gasteiger partial charge in [-0.15, -0.1) is 0 Å². The van der Waals surface area contributed by atoms with Gasteiger partial charge in [-0.2, -0.15) is 5.10 Å². The normalized spacial score (nSPS) is 10.7. The molecule has 1 heterocycles. The highest BCUT2D eigenvalue weighted by Crippen LogP contribution is 2.14. The molecule has 2 aromatic rings. The summed E-state index contributed by atoms with van der Waals surface area (Å²) in [5.74, 6) is 1.62. The molecule has 0 saturated heterocycles. The number of halogens is 1.